The van der Waals surface area contributed by atoms with Crippen LogP contribution in [0.1, 0.15) is 11.3 Å². The molecule has 0 spiro atoms. The van der Waals surface area contributed by atoms with Gasteiger partial charge in [0.25, 0.3) is 0 Å². The van der Waals surface area contributed by atoms with Crippen molar-refractivity contribution in [3.63, 3.8) is 0 Å². The Bertz CT molecular complexity index is 667. The minimum Gasteiger partial charge on any atom is -0.324 e. The highest BCUT2D eigenvalue weighted by Gasteiger charge is 2.13. The molecule has 0 saturated carbocycles. The molecule has 0 bridgehead atoms. The largest absolute Gasteiger partial charge is 0.324 e. The van der Waals surface area contributed by atoms with E-state index in [1.807, 2.05) is 19.1 Å². The van der Waals surface area contributed by atoms with Gasteiger partial charge >= 0.3 is 0 Å². The van der Waals surface area contributed by atoms with Crippen molar-refractivity contribution in [3.8, 4) is 0 Å². The van der Waals surface area contributed by atoms with Crippen LogP contribution in [-0.2, 0) is 16.6 Å². The van der Waals surface area contributed by atoms with Crippen LogP contribution in [0.3, 0.4) is 0 Å². The van der Waals surface area contributed by atoms with Crippen LogP contribution >= 0.6 is 0 Å². The molecule has 0 unspecified atom stereocenters. The quantitative estimate of drug-likeness (QED) is 0.567. The number of nitrogen functional groups attached to an aromatic ring is 1. The zero-order valence-corrected chi connectivity index (χ0v) is 11.8. The van der Waals surface area contributed by atoms with Gasteiger partial charge in [0.05, 0.1) is 4.90 Å². The third-order valence-electron chi connectivity index (χ3n) is 2.77. The van der Waals surface area contributed by atoms with E-state index in [1.54, 1.807) is 18.3 Å². The third kappa shape index (κ3) is 3.53. The van der Waals surface area contributed by atoms with Crippen LogP contribution in [-0.4, -0.2) is 13.4 Å². The molecule has 2 aromatic rings. The molecule has 0 fully saturated rings. The van der Waals surface area contributed by atoms with E-state index < -0.39 is 10.0 Å². The molecule has 7 heteroatoms. The molecule has 0 radical (unpaired) electrons. The first-order chi connectivity index (χ1) is 9.51. The molecule has 0 aliphatic rings. The number of pyridine rings is 1. The number of hydrazine groups is 1. The lowest BCUT2D eigenvalue weighted by molar-refractivity contribution is 0.581. The van der Waals surface area contributed by atoms with Gasteiger partial charge in [-0.3, -0.25) is 10.8 Å². The number of aromatic nitrogens is 1. The summed E-state index contributed by atoms with van der Waals surface area (Å²) in [6.45, 7) is 2.08. The molecular formula is C13H16N4O2S. The number of aryl methyl sites for hydroxylation is 1. The summed E-state index contributed by atoms with van der Waals surface area (Å²) in [7, 11) is -3.54. The Morgan fingerprint density at radius 3 is 2.40 bits per heavy atom. The van der Waals surface area contributed by atoms with Gasteiger partial charge in [-0.05, 0) is 42.8 Å². The molecule has 0 aliphatic carbocycles. The molecule has 2 rings (SSSR count). The lowest BCUT2D eigenvalue weighted by atomic mass is 10.2. The summed E-state index contributed by atoms with van der Waals surface area (Å²) in [6, 6.07) is 9.86. The van der Waals surface area contributed by atoms with Crippen molar-refractivity contribution in [2.75, 3.05) is 5.43 Å². The smallest absolute Gasteiger partial charge is 0.240 e. The number of hydrogen-bond acceptors (Lipinski definition) is 5. The lowest BCUT2D eigenvalue weighted by Crippen LogP contribution is -2.23. The number of nitrogens with two attached hydrogens (primary N) is 1. The highest BCUT2D eigenvalue weighted by molar-refractivity contribution is 7.89. The molecule has 1 aromatic carbocycles. The highest BCUT2D eigenvalue weighted by atomic mass is 32.2. The van der Waals surface area contributed by atoms with Gasteiger partial charge in [-0.25, -0.2) is 13.1 Å². The van der Waals surface area contributed by atoms with Crippen LogP contribution in [0.15, 0.2) is 47.5 Å². The lowest BCUT2D eigenvalue weighted by Gasteiger charge is -2.07. The second-order valence-corrected chi connectivity index (χ2v) is 6.07. The predicted octanol–water partition coefficient (Wildman–Crippen LogP) is 1.15. The highest BCUT2D eigenvalue weighted by Crippen LogP contribution is 2.13. The van der Waals surface area contributed by atoms with E-state index in [2.05, 4.69) is 15.1 Å². The molecule has 6 nitrogen and oxygen atoms in total. The standard InChI is InChI=1S/C13H16N4O2S/c1-10-2-3-11(8-15-10)9-16-20(18,19)13-6-4-12(17-14)5-7-13/h2-8,16-17H,9,14H2,1H3. The first kappa shape index (κ1) is 14.4. The third-order valence-corrected chi connectivity index (χ3v) is 4.19. The van der Waals surface area contributed by atoms with Crippen molar-refractivity contribution in [2.45, 2.75) is 18.4 Å². The summed E-state index contributed by atoms with van der Waals surface area (Å²) in [5.74, 6) is 5.23. The molecule has 1 heterocycles. The Morgan fingerprint density at radius 2 is 1.85 bits per heavy atom. The van der Waals surface area contributed by atoms with Crippen LogP contribution in [0, 0.1) is 6.92 Å². The van der Waals surface area contributed by atoms with Gasteiger partial charge in [-0.1, -0.05) is 6.07 Å². The van der Waals surface area contributed by atoms with E-state index in [4.69, 9.17) is 5.84 Å². The zero-order valence-electron chi connectivity index (χ0n) is 11.0. The fourth-order valence-electron chi connectivity index (χ4n) is 1.59. The number of rotatable bonds is 5. The predicted molar refractivity (Wildman–Crippen MR) is 77.3 cm³/mol. The summed E-state index contributed by atoms with van der Waals surface area (Å²) in [5.41, 5.74) is 4.79. The van der Waals surface area contributed by atoms with Crippen LogP contribution in [0.25, 0.3) is 0 Å². The Labute approximate surface area is 118 Å². The van der Waals surface area contributed by atoms with E-state index >= 15 is 0 Å². The Morgan fingerprint density at radius 1 is 1.15 bits per heavy atom. The fraction of sp³-hybridized carbons (Fsp3) is 0.154. The minimum absolute atomic E-state index is 0.191. The van der Waals surface area contributed by atoms with Gasteiger partial charge < -0.3 is 5.43 Å². The maximum Gasteiger partial charge on any atom is 0.240 e. The van der Waals surface area contributed by atoms with Crippen LogP contribution in [0.5, 0.6) is 0 Å². The summed E-state index contributed by atoms with van der Waals surface area (Å²) in [4.78, 5) is 4.31. The van der Waals surface area contributed by atoms with Crippen molar-refractivity contribution in [2.24, 2.45) is 5.84 Å². The fourth-order valence-corrected chi connectivity index (χ4v) is 2.61. The van der Waals surface area contributed by atoms with Crippen LogP contribution in [0.2, 0.25) is 0 Å². The van der Waals surface area contributed by atoms with Gasteiger partial charge in [-0.15, -0.1) is 0 Å². The number of sulfonamides is 1. The topological polar surface area (TPSA) is 97.1 Å². The molecule has 4 N–H and O–H groups in total. The van der Waals surface area contributed by atoms with E-state index in [1.165, 1.54) is 12.1 Å². The minimum atomic E-state index is -3.54. The number of nitrogens with one attached hydrogen (secondary N) is 2. The molecule has 106 valence electrons. The molecule has 0 amide bonds. The van der Waals surface area contributed by atoms with Crippen molar-refractivity contribution in [1.29, 1.82) is 0 Å². The summed E-state index contributed by atoms with van der Waals surface area (Å²) >= 11 is 0. The van der Waals surface area contributed by atoms with E-state index in [-0.39, 0.29) is 11.4 Å². The molecule has 1 aromatic heterocycles. The average molecular weight is 292 g/mol. The second-order valence-electron chi connectivity index (χ2n) is 4.30. The van der Waals surface area contributed by atoms with E-state index in [0.717, 1.165) is 11.3 Å². The van der Waals surface area contributed by atoms with Crippen molar-refractivity contribution >= 4 is 15.7 Å². The van der Waals surface area contributed by atoms with Gasteiger partial charge in [0.2, 0.25) is 10.0 Å². The van der Waals surface area contributed by atoms with Crippen molar-refractivity contribution in [1.82, 2.24) is 9.71 Å². The zero-order chi connectivity index (χ0) is 14.6. The number of benzene rings is 1. The molecule has 0 aliphatic heterocycles. The van der Waals surface area contributed by atoms with Gasteiger partial charge in [-0.2, -0.15) is 0 Å². The maximum atomic E-state index is 12.1. The Balaban J connectivity index is 2.08. The Kier molecular flexibility index (Phi) is 4.33. The second kappa shape index (κ2) is 6.00. The van der Waals surface area contributed by atoms with Crippen molar-refractivity contribution < 1.29 is 8.42 Å². The number of anilines is 1. The number of nitrogens with zero attached hydrogens (tertiary/aromatic N) is 1. The summed E-state index contributed by atoms with van der Waals surface area (Å²) in [6.07, 6.45) is 1.65. The molecular weight excluding hydrogens is 276 g/mol. The first-order valence-corrected chi connectivity index (χ1v) is 7.47. The Hall–Kier alpha value is -1.96. The van der Waals surface area contributed by atoms with Gasteiger partial charge in [0.1, 0.15) is 0 Å². The summed E-state index contributed by atoms with van der Waals surface area (Å²) < 4.78 is 26.7. The monoisotopic (exact) mass is 292 g/mol. The van der Waals surface area contributed by atoms with Crippen molar-refractivity contribution in [3.05, 3.63) is 53.9 Å². The normalized spacial score (nSPS) is 11.3. The van der Waals surface area contributed by atoms with Crippen LogP contribution < -0.4 is 16.0 Å². The van der Waals surface area contributed by atoms with Gasteiger partial charge in [0, 0.05) is 24.1 Å². The summed E-state index contributed by atoms with van der Waals surface area (Å²) in [5, 5.41) is 0. The number of hydrogen-bond donors (Lipinski definition) is 3. The first-order valence-electron chi connectivity index (χ1n) is 5.99. The van der Waals surface area contributed by atoms with Gasteiger partial charge in [0.15, 0.2) is 0 Å². The maximum absolute atomic E-state index is 12.1. The molecule has 20 heavy (non-hydrogen) atoms. The van der Waals surface area contributed by atoms with Crippen LogP contribution in [0.4, 0.5) is 5.69 Å². The average Bonchev–Trinajstić information content (AvgIpc) is 2.47. The SMILES string of the molecule is Cc1ccc(CNS(=O)(=O)c2ccc(NN)cc2)cn1. The van der Waals surface area contributed by atoms with E-state index in [0.29, 0.717) is 5.69 Å². The molecule has 0 atom stereocenters. The van der Waals surface area contributed by atoms with E-state index in [9.17, 15) is 8.42 Å². The molecule has 0 saturated heterocycles.